The maximum absolute atomic E-state index is 12.5. The molecule has 1 amide bonds. The van der Waals surface area contributed by atoms with E-state index in [2.05, 4.69) is 10.3 Å². The van der Waals surface area contributed by atoms with E-state index >= 15 is 0 Å². The molecule has 0 spiro atoms. The molecule has 1 aromatic rings. The van der Waals surface area contributed by atoms with Crippen molar-refractivity contribution in [3.05, 3.63) is 23.5 Å². The Balaban J connectivity index is 2.07. The molecule has 2 N–H and O–H groups in total. The Kier molecular flexibility index (Phi) is 4.60. The zero-order valence-electron chi connectivity index (χ0n) is 12.4. The highest BCUT2D eigenvalue weighted by molar-refractivity contribution is 5.99. The number of anilines is 1. The Morgan fingerprint density at radius 2 is 2.25 bits per heavy atom. The molecule has 0 aliphatic heterocycles. The van der Waals surface area contributed by atoms with Crippen molar-refractivity contribution >= 4 is 11.6 Å². The molecule has 0 aromatic carbocycles. The van der Waals surface area contributed by atoms with Crippen molar-refractivity contribution in [2.24, 2.45) is 5.92 Å². The van der Waals surface area contributed by atoms with Crippen molar-refractivity contribution in [1.29, 1.82) is 0 Å². The van der Waals surface area contributed by atoms with E-state index in [4.69, 9.17) is 0 Å². The maximum atomic E-state index is 12.5. The number of amides is 1. The topological polar surface area (TPSA) is 65.5 Å². The zero-order chi connectivity index (χ0) is 14.7. The van der Waals surface area contributed by atoms with Crippen LogP contribution < -0.4 is 5.32 Å². The molecule has 0 radical (unpaired) electrons. The number of aromatic nitrogens is 1. The Morgan fingerprint density at radius 1 is 1.55 bits per heavy atom. The van der Waals surface area contributed by atoms with Gasteiger partial charge in [-0.3, -0.25) is 9.78 Å². The molecule has 0 saturated heterocycles. The quantitative estimate of drug-likeness (QED) is 0.859. The summed E-state index contributed by atoms with van der Waals surface area (Å²) < 4.78 is 0. The maximum Gasteiger partial charge on any atom is 0.257 e. The molecular formula is C15H23N3O2. The highest BCUT2D eigenvalue weighted by Gasteiger charge is 2.29. The first-order valence-electron chi connectivity index (χ1n) is 7.15. The van der Waals surface area contributed by atoms with Crippen molar-refractivity contribution in [2.75, 3.05) is 25.5 Å². The fourth-order valence-electron chi connectivity index (χ4n) is 2.59. The van der Waals surface area contributed by atoms with E-state index < -0.39 is 0 Å². The number of aliphatic hydroxyl groups is 1. The molecule has 0 atom stereocenters. The third kappa shape index (κ3) is 3.28. The lowest BCUT2D eigenvalue weighted by Crippen LogP contribution is -2.39. The first-order chi connectivity index (χ1) is 9.51. The summed E-state index contributed by atoms with van der Waals surface area (Å²) in [7, 11) is 1.81. The van der Waals surface area contributed by atoms with E-state index in [0.717, 1.165) is 30.8 Å². The van der Waals surface area contributed by atoms with Gasteiger partial charge in [0.15, 0.2) is 0 Å². The van der Waals surface area contributed by atoms with Gasteiger partial charge in [0.25, 0.3) is 5.91 Å². The first kappa shape index (κ1) is 14.8. The summed E-state index contributed by atoms with van der Waals surface area (Å²) in [6.45, 7) is 5.37. The van der Waals surface area contributed by atoms with Crippen LogP contribution in [0.2, 0.25) is 0 Å². The van der Waals surface area contributed by atoms with Gasteiger partial charge in [-0.1, -0.05) is 0 Å². The lowest BCUT2D eigenvalue weighted by molar-refractivity contribution is 0.0265. The van der Waals surface area contributed by atoms with Crippen molar-refractivity contribution in [3.8, 4) is 0 Å². The Bertz CT molecular complexity index is 484. The van der Waals surface area contributed by atoms with Gasteiger partial charge in [-0.2, -0.15) is 0 Å². The van der Waals surface area contributed by atoms with E-state index in [1.165, 1.54) is 0 Å². The number of aliphatic hydroxyl groups excluding tert-OH is 1. The number of aryl methyl sites for hydroxylation is 1. The van der Waals surface area contributed by atoms with Crippen LogP contribution in [0.15, 0.2) is 12.3 Å². The van der Waals surface area contributed by atoms with Gasteiger partial charge < -0.3 is 15.3 Å². The summed E-state index contributed by atoms with van der Waals surface area (Å²) in [4.78, 5) is 18.4. The lowest BCUT2D eigenvalue weighted by atomic mass is 9.82. The van der Waals surface area contributed by atoms with Crippen LogP contribution in [-0.4, -0.2) is 47.1 Å². The number of pyridine rings is 1. The summed E-state index contributed by atoms with van der Waals surface area (Å²) in [5.74, 6) is 0.398. The molecule has 1 aliphatic rings. The van der Waals surface area contributed by atoms with Crippen LogP contribution in [0.5, 0.6) is 0 Å². The van der Waals surface area contributed by atoms with Gasteiger partial charge in [-0.05, 0) is 38.7 Å². The molecule has 1 heterocycles. The third-order valence-electron chi connectivity index (χ3n) is 3.73. The highest BCUT2D eigenvalue weighted by Crippen LogP contribution is 2.28. The predicted molar refractivity (Wildman–Crippen MR) is 78.8 cm³/mol. The van der Waals surface area contributed by atoms with Crippen LogP contribution in [0.1, 0.15) is 35.8 Å². The van der Waals surface area contributed by atoms with Crippen molar-refractivity contribution in [3.63, 3.8) is 0 Å². The third-order valence-corrected chi connectivity index (χ3v) is 3.73. The fraction of sp³-hybridized carbons (Fsp3) is 0.600. The van der Waals surface area contributed by atoms with Crippen LogP contribution >= 0.6 is 0 Å². The van der Waals surface area contributed by atoms with Crippen LogP contribution in [-0.2, 0) is 0 Å². The number of hydrogen-bond donors (Lipinski definition) is 2. The van der Waals surface area contributed by atoms with Crippen molar-refractivity contribution < 1.29 is 9.90 Å². The summed E-state index contributed by atoms with van der Waals surface area (Å²) in [5.41, 5.74) is 2.34. The first-order valence-corrected chi connectivity index (χ1v) is 7.15. The number of nitrogens with one attached hydrogen (secondary N) is 1. The second-order valence-electron chi connectivity index (χ2n) is 5.58. The van der Waals surface area contributed by atoms with Crippen molar-refractivity contribution in [1.82, 2.24) is 9.88 Å². The normalized spacial score (nSPS) is 21.2. The second-order valence-corrected chi connectivity index (χ2v) is 5.58. The number of nitrogens with zero attached hydrogens (tertiary/aromatic N) is 2. The molecule has 2 rings (SSSR count). The van der Waals surface area contributed by atoms with E-state index in [0.29, 0.717) is 18.0 Å². The molecule has 1 aliphatic carbocycles. The summed E-state index contributed by atoms with van der Waals surface area (Å²) >= 11 is 0. The fourth-order valence-corrected chi connectivity index (χ4v) is 2.59. The smallest absolute Gasteiger partial charge is 0.257 e. The monoisotopic (exact) mass is 277 g/mol. The Hall–Kier alpha value is -1.62. The summed E-state index contributed by atoms with van der Waals surface area (Å²) in [6, 6.07) is 1.90. The predicted octanol–water partition coefficient (Wildman–Crippen LogP) is 1.66. The minimum Gasteiger partial charge on any atom is -0.393 e. The largest absolute Gasteiger partial charge is 0.393 e. The average molecular weight is 277 g/mol. The van der Waals surface area contributed by atoms with Crippen molar-refractivity contribution in [2.45, 2.75) is 32.8 Å². The van der Waals surface area contributed by atoms with E-state index in [-0.39, 0.29) is 12.0 Å². The molecular weight excluding hydrogens is 254 g/mol. The number of carbonyl (C=O) groups is 1. The van der Waals surface area contributed by atoms with Crippen LogP contribution in [0.3, 0.4) is 0 Å². The SMILES string of the molecule is CCNc1cc(C)ncc1C(=O)N(C)CC1CC(O)C1. The summed E-state index contributed by atoms with van der Waals surface area (Å²) in [5, 5.41) is 12.5. The minimum absolute atomic E-state index is 0.0187. The molecule has 5 heteroatoms. The average Bonchev–Trinajstić information content (AvgIpc) is 2.36. The van der Waals surface area contributed by atoms with E-state index in [1.54, 1.807) is 11.1 Å². The van der Waals surface area contributed by atoms with Gasteiger partial charge in [-0.15, -0.1) is 0 Å². The number of carbonyl (C=O) groups excluding carboxylic acids is 1. The molecule has 1 saturated carbocycles. The lowest BCUT2D eigenvalue weighted by Gasteiger charge is -2.34. The van der Waals surface area contributed by atoms with E-state index in [9.17, 15) is 9.90 Å². The Morgan fingerprint density at radius 3 is 2.85 bits per heavy atom. The standard InChI is InChI=1S/C15H23N3O2/c1-4-16-14-5-10(2)17-8-13(14)15(20)18(3)9-11-6-12(19)7-11/h5,8,11-12,19H,4,6-7,9H2,1-3H3,(H,16,17). The van der Waals surface area contributed by atoms with Crippen LogP contribution in [0, 0.1) is 12.8 Å². The van der Waals surface area contributed by atoms with Crippen LogP contribution in [0.4, 0.5) is 5.69 Å². The van der Waals surface area contributed by atoms with E-state index in [1.807, 2.05) is 27.0 Å². The number of rotatable bonds is 5. The second kappa shape index (κ2) is 6.22. The number of hydrogen-bond acceptors (Lipinski definition) is 4. The van der Waals surface area contributed by atoms with Gasteiger partial charge in [0.05, 0.1) is 17.4 Å². The molecule has 1 aromatic heterocycles. The molecule has 0 bridgehead atoms. The molecule has 5 nitrogen and oxygen atoms in total. The van der Waals surface area contributed by atoms with Gasteiger partial charge in [-0.25, -0.2) is 0 Å². The zero-order valence-corrected chi connectivity index (χ0v) is 12.4. The van der Waals surface area contributed by atoms with Crippen LogP contribution in [0.25, 0.3) is 0 Å². The Labute approximate surface area is 120 Å². The molecule has 20 heavy (non-hydrogen) atoms. The molecule has 0 unspecified atom stereocenters. The van der Waals surface area contributed by atoms with Gasteiger partial charge in [0.2, 0.25) is 0 Å². The minimum atomic E-state index is -0.179. The highest BCUT2D eigenvalue weighted by atomic mass is 16.3. The summed E-state index contributed by atoms with van der Waals surface area (Å²) in [6.07, 6.45) is 3.05. The van der Waals surface area contributed by atoms with Gasteiger partial charge in [0.1, 0.15) is 0 Å². The van der Waals surface area contributed by atoms with Gasteiger partial charge in [0, 0.05) is 32.0 Å². The molecule has 110 valence electrons. The van der Waals surface area contributed by atoms with Gasteiger partial charge >= 0.3 is 0 Å². The molecule has 1 fully saturated rings.